The monoisotopic (exact) mass is 538 g/mol. The van der Waals surface area contributed by atoms with Gasteiger partial charge < -0.3 is 14.1 Å². The summed E-state index contributed by atoms with van der Waals surface area (Å²) in [5, 5.41) is 14.1. The molecule has 1 aliphatic rings. The quantitative estimate of drug-likeness (QED) is 0.247. The van der Waals surface area contributed by atoms with E-state index in [4.69, 9.17) is 9.15 Å². The van der Waals surface area contributed by atoms with Gasteiger partial charge in [-0.2, -0.15) is 0 Å². The van der Waals surface area contributed by atoms with Gasteiger partial charge in [-0.25, -0.2) is 4.68 Å². The Morgan fingerprint density at radius 1 is 1.07 bits per heavy atom. The second-order valence-electron chi connectivity index (χ2n) is 10.5. The van der Waals surface area contributed by atoms with Crippen molar-refractivity contribution in [1.82, 2.24) is 30.1 Å². The standard InChI is InChI=1S/C31H34N6O3/c1-3-21-12-15-28-23(17-21)18-27(31(38)32-28)29(30-33-34-35-37(30)24-7-4-5-8-24)36(20-26-9-6-16-40-26)19-22-10-13-25(39-2)14-11-22/h6,9-18,24,29H,3-5,7-8,19-20H2,1-2H3,(H,32,38). The van der Waals surface area contributed by atoms with Crippen molar-refractivity contribution in [3.05, 3.63) is 106 Å². The first-order valence-corrected chi connectivity index (χ1v) is 14.0. The molecule has 1 N–H and O–H groups in total. The van der Waals surface area contributed by atoms with E-state index in [1.165, 1.54) is 5.56 Å². The van der Waals surface area contributed by atoms with Crippen molar-refractivity contribution in [2.24, 2.45) is 0 Å². The van der Waals surface area contributed by atoms with Gasteiger partial charge in [0, 0.05) is 17.6 Å². The minimum absolute atomic E-state index is 0.151. The summed E-state index contributed by atoms with van der Waals surface area (Å²) in [6, 6.07) is 19.7. The van der Waals surface area contributed by atoms with Crippen LogP contribution in [0.4, 0.5) is 0 Å². The molecule has 9 nitrogen and oxygen atoms in total. The summed E-state index contributed by atoms with van der Waals surface area (Å²) in [5.74, 6) is 2.26. The molecule has 9 heteroatoms. The molecule has 206 valence electrons. The Hall–Kier alpha value is -4.24. The number of ether oxygens (including phenoxy) is 1. The van der Waals surface area contributed by atoms with E-state index in [0.717, 1.165) is 60.1 Å². The summed E-state index contributed by atoms with van der Waals surface area (Å²) in [4.78, 5) is 19.2. The Kier molecular flexibility index (Phi) is 7.46. The highest BCUT2D eigenvalue weighted by Crippen LogP contribution is 2.35. The average molecular weight is 539 g/mol. The molecule has 0 radical (unpaired) electrons. The predicted octanol–water partition coefficient (Wildman–Crippen LogP) is 5.59. The number of aromatic nitrogens is 5. The molecule has 0 aliphatic heterocycles. The molecule has 1 fully saturated rings. The Morgan fingerprint density at radius 3 is 2.60 bits per heavy atom. The van der Waals surface area contributed by atoms with Crippen LogP contribution in [-0.2, 0) is 19.5 Å². The molecule has 0 saturated heterocycles. The smallest absolute Gasteiger partial charge is 0.253 e. The summed E-state index contributed by atoms with van der Waals surface area (Å²) >= 11 is 0. The molecule has 0 spiro atoms. The SMILES string of the molecule is CCc1ccc2[nH]c(=O)c(C(c3nnnn3C3CCCC3)N(Cc3ccc(OC)cc3)Cc3ccco3)cc2c1. The first-order valence-electron chi connectivity index (χ1n) is 14.0. The maximum atomic E-state index is 13.8. The van der Waals surface area contributed by atoms with Gasteiger partial charge in [0.25, 0.3) is 5.56 Å². The summed E-state index contributed by atoms with van der Waals surface area (Å²) < 4.78 is 13.1. The first kappa shape index (κ1) is 26.0. The highest BCUT2D eigenvalue weighted by molar-refractivity contribution is 5.80. The third kappa shape index (κ3) is 5.29. The van der Waals surface area contributed by atoms with Crippen LogP contribution in [0.2, 0.25) is 0 Å². The van der Waals surface area contributed by atoms with E-state index in [2.05, 4.69) is 44.5 Å². The van der Waals surface area contributed by atoms with E-state index in [-0.39, 0.29) is 11.6 Å². The lowest BCUT2D eigenvalue weighted by Crippen LogP contribution is -2.35. The second kappa shape index (κ2) is 11.5. The highest BCUT2D eigenvalue weighted by atomic mass is 16.5. The number of aromatic amines is 1. The third-order valence-corrected chi connectivity index (χ3v) is 7.92. The largest absolute Gasteiger partial charge is 0.497 e. The Bertz CT molecular complexity index is 1620. The van der Waals surface area contributed by atoms with E-state index >= 15 is 0 Å². The van der Waals surface area contributed by atoms with Crippen LogP contribution < -0.4 is 10.3 Å². The zero-order valence-electron chi connectivity index (χ0n) is 22.9. The van der Waals surface area contributed by atoms with E-state index in [1.54, 1.807) is 13.4 Å². The summed E-state index contributed by atoms with van der Waals surface area (Å²) in [6.45, 7) is 3.14. The molecule has 0 bridgehead atoms. The number of nitrogens with zero attached hydrogens (tertiary/aromatic N) is 5. The average Bonchev–Trinajstić information content (AvgIpc) is 3.77. The minimum atomic E-state index is -0.513. The fourth-order valence-electron chi connectivity index (χ4n) is 5.79. The number of H-pyrrole nitrogens is 1. The molecule has 5 aromatic rings. The lowest BCUT2D eigenvalue weighted by Gasteiger charge is -2.31. The number of aryl methyl sites for hydroxylation is 1. The number of nitrogens with one attached hydrogen (secondary N) is 1. The number of fused-ring (bicyclic) bond motifs is 1. The van der Waals surface area contributed by atoms with Crippen molar-refractivity contribution in [2.75, 3.05) is 7.11 Å². The summed E-state index contributed by atoms with van der Waals surface area (Å²) in [6.07, 6.45) is 6.92. The molecule has 0 amide bonds. The van der Waals surface area contributed by atoms with Crippen LogP contribution in [0, 0.1) is 0 Å². The zero-order chi connectivity index (χ0) is 27.5. The number of hydrogen-bond acceptors (Lipinski definition) is 7. The predicted molar refractivity (Wildman–Crippen MR) is 152 cm³/mol. The van der Waals surface area contributed by atoms with Gasteiger partial charge in [0.2, 0.25) is 0 Å². The van der Waals surface area contributed by atoms with Crippen molar-refractivity contribution in [1.29, 1.82) is 0 Å². The van der Waals surface area contributed by atoms with Gasteiger partial charge >= 0.3 is 0 Å². The van der Waals surface area contributed by atoms with Crippen molar-refractivity contribution >= 4 is 10.9 Å². The van der Waals surface area contributed by atoms with Gasteiger partial charge in [-0.1, -0.05) is 38.0 Å². The van der Waals surface area contributed by atoms with Crippen molar-refractivity contribution in [3.8, 4) is 5.75 Å². The third-order valence-electron chi connectivity index (χ3n) is 7.92. The van der Waals surface area contributed by atoms with Crippen molar-refractivity contribution in [2.45, 2.75) is 64.2 Å². The molecule has 40 heavy (non-hydrogen) atoms. The number of tetrazole rings is 1. The van der Waals surface area contributed by atoms with Gasteiger partial charge in [-0.05, 0) is 88.7 Å². The molecular formula is C31H34N6O3. The Labute approximate surface area is 232 Å². The van der Waals surface area contributed by atoms with Crippen LogP contribution in [0.25, 0.3) is 10.9 Å². The number of rotatable bonds is 10. The van der Waals surface area contributed by atoms with Crippen LogP contribution in [0.1, 0.15) is 73.0 Å². The normalized spacial score (nSPS) is 14.8. The van der Waals surface area contributed by atoms with Crippen LogP contribution >= 0.6 is 0 Å². The van der Waals surface area contributed by atoms with Gasteiger partial charge in [0.1, 0.15) is 17.6 Å². The molecule has 2 aromatic carbocycles. The minimum Gasteiger partial charge on any atom is -0.497 e. The second-order valence-corrected chi connectivity index (χ2v) is 10.5. The molecule has 3 heterocycles. The van der Waals surface area contributed by atoms with Gasteiger partial charge in [-0.15, -0.1) is 5.10 Å². The van der Waals surface area contributed by atoms with Crippen LogP contribution in [0.3, 0.4) is 0 Å². The van der Waals surface area contributed by atoms with E-state index < -0.39 is 6.04 Å². The lowest BCUT2D eigenvalue weighted by atomic mass is 10.0. The fourth-order valence-corrected chi connectivity index (χ4v) is 5.79. The number of benzene rings is 2. The van der Waals surface area contributed by atoms with Gasteiger partial charge in [-0.3, -0.25) is 9.69 Å². The van der Waals surface area contributed by atoms with Crippen LogP contribution in [0.5, 0.6) is 5.75 Å². The zero-order valence-corrected chi connectivity index (χ0v) is 22.9. The molecule has 1 unspecified atom stereocenters. The molecular weight excluding hydrogens is 504 g/mol. The maximum Gasteiger partial charge on any atom is 0.253 e. The summed E-state index contributed by atoms with van der Waals surface area (Å²) in [7, 11) is 1.66. The number of pyridine rings is 1. The molecule has 6 rings (SSSR count). The topological polar surface area (TPSA) is 102 Å². The maximum absolute atomic E-state index is 13.8. The highest BCUT2D eigenvalue weighted by Gasteiger charge is 2.34. The van der Waals surface area contributed by atoms with E-state index in [1.807, 2.05) is 53.2 Å². The van der Waals surface area contributed by atoms with Gasteiger partial charge in [0.05, 0.1) is 26.0 Å². The molecule has 1 saturated carbocycles. The number of hydrogen-bond donors (Lipinski definition) is 1. The number of furan rings is 1. The molecule has 1 atom stereocenters. The van der Waals surface area contributed by atoms with E-state index in [9.17, 15) is 4.79 Å². The van der Waals surface area contributed by atoms with E-state index in [0.29, 0.717) is 24.5 Å². The summed E-state index contributed by atoms with van der Waals surface area (Å²) in [5.41, 5.74) is 3.55. The lowest BCUT2D eigenvalue weighted by molar-refractivity contribution is 0.176. The van der Waals surface area contributed by atoms with Crippen molar-refractivity contribution in [3.63, 3.8) is 0 Å². The van der Waals surface area contributed by atoms with Gasteiger partial charge in [0.15, 0.2) is 5.82 Å². The number of methoxy groups -OCH3 is 1. The van der Waals surface area contributed by atoms with Crippen LogP contribution in [0.15, 0.2) is 76.1 Å². The van der Waals surface area contributed by atoms with Crippen molar-refractivity contribution < 1.29 is 9.15 Å². The Morgan fingerprint density at radius 2 is 1.88 bits per heavy atom. The fraction of sp³-hybridized carbons (Fsp3) is 0.355. The Balaban J connectivity index is 1.52. The first-order chi connectivity index (χ1) is 19.6. The molecule has 3 aromatic heterocycles. The molecule has 1 aliphatic carbocycles. The van der Waals surface area contributed by atoms with Crippen LogP contribution in [-0.4, -0.2) is 37.2 Å².